The lowest BCUT2D eigenvalue weighted by atomic mass is 10.1. The minimum absolute atomic E-state index is 0. The molecule has 0 aliphatic carbocycles. The smallest absolute Gasteiger partial charge is 0.276 e. The molecule has 0 saturated carbocycles. The summed E-state index contributed by atoms with van der Waals surface area (Å²) in [5.41, 5.74) is 0.350. The van der Waals surface area contributed by atoms with Gasteiger partial charge in [0, 0.05) is 32.0 Å². The first-order chi connectivity index (χ1) is 13.6. The molecule has 4 rings (SSSR count). The number of halogens is 3. The molecule has 10 heteroatoms. The van der Waals surface area contributed by atoms with E-state index in [0.29, 0.717) is 31.6 Å². The van der Waals surface area contributed by atoms with Gasteiger partial charge in [-0.1, -0.05) is 5.21 Å². The third-order valence-corrected chi connectivity index (χ3v) is 5.33. The molecular formula is C19H24ClF2N5O2. The summed E-state index contributed by atoms with van der Waals surface area (Å²) in [7, 11) is 0. The van der Waals surface area contributed by atoms with Gasteiger partial charge in [0.1, 0.15) is 11.9 Å². The minimum atomic E-state index is -0.715. The van der Waals surface area contributed by atoms with Crippen LogP contribution in [-0.2, 0) is 0 Å². The molecule has 158 valence electrons. The molecular weight excluding hydrogens is 404 g/mol. The molecule has 2 aliphatic heterocycles. The molecule has 0 bridgehead atoms. The average Bonchev–Trinajstić information content (AvgIpc) is 3.21. The number of hydrogen-bond donors (Lipinski definition) is 1. The predicted octanol–water partition coefficient (Wildman–Crippen LogP) is 2.59. The van der Waals surface area contributed by atoms with Gasteiger partial charge in [-0.2, -0.15) is 0 Å². The molecule has 29 heavy (non-hydrogen) atoms. The number of benzene rings is 1. The second-order valence-electron chi connectivity index (χ2n) is 7.25. The summed E-state index contributed by atoms with van der Waals surface area (Å²) in [6.45, 7) is 2.87. The fraction of sp³-hybridized carbons (Fsp3) is 0.526. The Hall–Kier alpha value is -2.26. The number of piperidine rings is 2. The predicted molar refractivity (Wildman–Crippen MR) is 104 cm³/mol. The van der Waals surface area contributed by atoms with Crippen molar-refractivity contribution in [2.75, 3.05) is 26.2 Å². The Bertz CT molecular complexity index is 836. The number of nitrogens with zero attached hydrogens (tertiary/aromatic N) is 4. The molecule has 2 aliphatic rings. The summed E-state index contributed by atoms with van der Waals surface area (Å²) in [4.78, 5) is 14.4. The molecule has 2 fully saturated rings. The Kier molecular flexibility index (Phi) is 7.02. The monoisotopic (exact) mass is 427 g/mol. The van der Waals surface area contributed by atoms with Gasteiger partial charge in [0.2, 0.25) is 0 Å². The molecule has 0 atom stereocenters. The van der Waals surface area contributed by atoms with Crippen LogP contribution >= 0.6 is 12.4 Å². The third-order valence-electron chi connectivity index (χ3n) is 5.33. The van der Waals surface area contributed by atoms with Gasteiger partial charge in [-0.3, -0.25) is 4.79 Å². The van der Waals surface area contributed by atoms with E-state index in [1.807, 2.05) is 0 Å². The highest BCUT2D eigenvalue weighted by Gasteiger charge is 2.27. The van der Waals surface area contributed by atoms with Crippen molar-refractivity contribution < 1.29 is 18.3 Å². The van der Waals surface area contributed by atoms with Crippen LogP contribution in [0.15, 0.2) is 24.4 Å². The Morgan fingerprint density at radius 3 is 2.55 bits per heavy atom. The Balaban J connectivity index is 0.00000240. The van der Waals surface area contributed by atoms with Crippen LogP contribution in [-0.4, -0.2) is 58.1 Å². The van der Waals surface area contributed by atoms with E-state index in [1.165, 1.54) is 12.1 Å². The lowest BCUT2D eigenvalue weighted by Gasteiger charge is -2.31. The second-order valence-corrected chi connectivity index (χ2v) is 7.25. The summed E-state index contributed by atoms with van der Waals surface area (Å²) in [6, 6.07) is 3.55. The molecule has 3 heterocycles. The van der Waals surface area contributed by atoms with Crippen LogP contribution in [0.3, 0.4) is 0 Å². The molecule has 0 unspecified atom stereocenters. The topological polar surface area (TPSA) is 72.3 Å². The van der Waals surface area contributed by atoms with E-state index >= 15 is 0 Å². The summed E-state index contributed by atoms with van der Waals surface area (Å²) >= 11 is 0. The van der Waals surface area contributed by atoms with Crippen molar-refractivity contribution in [3.8, 4) is 5.75 Å². The van der Waals surface area contributed by atoms with Crippen molar-refractivity contribution in [3.05, 3.63) is 41.7 Å². The number of carbonyl (C=O) groups is 1. The number of carbonyl (C=O) groups excluding carboxylic acids is 1. The van der Waals surface area contributed by atoms with E-state index in [1.54, 1.807) is 15.8 Å². The number of hydrogen-bond acceptors (Lipinski definition) is 5. The maximum Gasteiger partial charge on any atom is 0.276 e. The number of ether oxygens (including phenoxy) is 1. The zero-order chi connectivity index (χ0) is 19.5. The fourth-order valence-corrected chi connectivity index (χ4v) is 3.71. The molecule has 1 amide bonds. The normalized spacial score (nSPS) is 18.3. The lowest BCUT2D eigenvalue weighted by Crippen LogP contribution is -2.42. The number of likely N-dealkylation sites (tertiary alicyclic amines) is 1. The minimum Gasteiger partial charge on any atom is -0.487 e. The van der Waals surface area contributed by atoms with Crippen LogP contribution in [0.5, 0.6) is 5.75 Å². The number of nitrogens with one attached hydrogen (secondary N) is 1. The second kappa shape index (κ2) is 9.49. The van der Waals surface area contributed by atoms with Crippen molar-refractivity contribution in [2.24, 2.45) is 0 Å². The zero-order valence-corrected chi connectivity index (χ0v) is 16.7. The maximum atomic E-state index is 13.7. The van der Waals surface area contributed by atoms with Gasteiger partial charge in [0.25, 0.3) is 5.91 Å². The molecule has 2 saturated heterocycles. The fourth-order valence-electron chi connectivity index (χ4n) is 3.71. The van der Waals surface area contributed by atoms with Crippen LogP contribution in [0.25, 0.3) is 0 Å². The summed E-state index contributed by atoms with van der Waals surface area (Å²) in [5, 5.41) is 11.5. The molecule has 1 aromatic carbocycles. The van der Waals surface area contributed by atoms with Gasteiger partial charge in [-0.05, 0) is 38.1 Å². The highest BCUT2D eigenvalue weighted by Crippen LogP contribution is 2.24. The number of rotatable bonds is 4. The molecule has 2 aromatic rings. The molecule has 0 radical (unpaired) electrons. The first-order valence-corrected chi connectivity index (χ1v) is 9.63. The van der Waals surface area contributed by atoms with Crippen LogP contribution in [0.4, 0.5) is 8.78 Å². The van der Waals surface area contributed by atoms with Crippen molar-refractivity contribution >= 4 is 18.3 Å². The van der Waals surface area contributed by atoms with Gasteiger partial charge in [0.05, 0.1) is 12.2 Å². The van der Waals surface area contributed by atoms with E-state index in [0.717, 1.165) is 32.0 Å². The maximum absolute atomic E-state index is 13.7. The zero-order valence-electron chi connectivity index (χ0n) is 15.9. The van der Waals surface area contributed by atoms with E-state index < -0.39 is 11.6 Å². The van der Waals surface area contributed by atoms with E-state index in [9.17, 15) is 13.6 Å². The van der Waals surface area contributed by atoms with Crippen LogP contribution in [0, 0.1) is 11.6 Å². The van der Waals surface area contributed by atoms with Gasteiger partial charge in [-0.25, -0.2) is 13.5 Å². The third kappa shape index (κ3) is 5.02. The highest BCUT2D eigenvalue weighted by atomic mass is 35.5. The van der Waals surface area contributed by atoms with Crippen LogP contribution < -0.4 is 10.1 Å². The molecule has 7 nitrogen and oxygen atoms in total. The Morgan fingerprint density at radius 1 is 1.14 bits per heavy atom. The largest absolute Gasteiger partial charge is 0.487 e. The highest BCUT2D eigenvalue weighted by molar-refractivity contribution is 5.92. The van der Waals surface area contributed by atoms with Crippen molar-refractivity contribution in [3.63, 3.8) is 0 Å². The van der Waals surface area contributed by atoms with Crippen LogP contribution in [0.1, 0.15) is 42.2 Å². The van der Waals surface area contributed by atoms with Crippen molar-refractivity contribution in [1.82, 2.24) is 25.2 Å². The first kappa shape index (κ1) is 21.4. The van der Waals surface area contributed by atoms with Gasteiger partial charge in [-0.15, -0.1) is 17.5 Å². The van der Waals surface area contributed by atoms with Crippen molar-refractivity contribution in [2.45, 2.75) is 37.8 Å². The van der Waals surface area contributed by atoms with E-state index in [2.05, 4.69) is 15.6 Å². The molecule has 0 spiro atoms. The van der Waals surface area contributed by atoms with Crippen LogP contribution in [0.2, 0.25) is 0 Å². The summed E-state index contributed by atoms with van der Waals surface area (Å²) in [6.07, 6.45) is 4.61. The first-order valence-electron chi connectivity index (χ1n) is 9.63. The van der Waals surface area contributed by atoms with E-state index in [-0.39, 0.29) is 36.2 Å². The lowest BCUT2D eigenvalue weighted by molar-refractivity contribution is 0.0582. The number of amides is 1. The van der Waals surface area contributed by atoms with E-state index in [4.69, 9.17) is 4.74 Å². The molecule has 1 aromatic heterocycles. The summed E-state index contributed by atoms with van der Waals surface area (Å²) in [5.74, 6) is -1.46. The SMILES string of the molecule is Cl.O=C(c1cn(C2CCNCC2)nn1)N1CCC(Oc2ccc(F)cc2F)CC1. The summed E-state index contributed by atoms with van der Waals surface area (Å²) < 4.78 is 34.2. The average molecular weight is 428 g/mol. The van der Waals surface area contributed by atoms with Crippen molar-refractivity contribution in [1.29, 1.82) is 0 Å². The number of aromatic nitrogens is 3. The van der Waals surface area contributed by atoms with Gasteiger partial charge in [0.15, 0.2) is 17.3 Å². The molecule has 1 N–H and O–H groups in total. The van der Waals surface area contributed by atoms with Gasteiger partial charge < -0.3 is 15.0 Å². The Morgan fingerprint density at radius 2 is 1.86 bits per heavy atom. The van der Waals surface area contributed by atoms with Gasteiger partial charge >= 0.3 is 0 Å². The Labute approximate surface area is 173 Å². The standard InChI is InChI=1S/C19H23F2N5O2.ClH/c20-13-1-2-18(16(21)11-13)28-15-5-9-25(10-6-15)19(27)17-12-26(24-23-17)14-3-7-22-8-4-14;/h1-2,11-12,14-15,22H,3-10H2;1H. The quantitative estimate of drug-likeness (QED) is 0.812.